The fourth-order valence-electron chi connectivity index (χ4n) is 2.12. The number of imidazole rings is 1. The summed E-state index contributed by atoms with van der Waals surface area (Å²) in [6, 6.07) is 9.87. The lowest BCUT2D eigenvalue weighted by Gasteiger charge is -2.03. The average molecular weight is 295 g/mol. The van der Waals surface area contributed by atoms with Crippen molar-refractivity contribution in [2.45, 2.75) is 6.92 Å². The van der Waals surface area contributed by atoms with Crippen molar-refractivity contribution in [1.82, 2.24) is 9.38 Å². The molecular formula is C16H13N3O3. The molecule has 0 radical (unpaired) electrons. The number of hydrogen-bond donors (Lipinski definition) is 2. The highest BCUT2D eigenvalue weighted by molar-refractivity contribution is 6.03. The molecule has 1 amide bonds. The third-order valence-electron chi connectivity index (χ3n) is 3.22. The number of carboxylic acid groups (broad SMARTS) is 1. The van der Waals surface area contributed by atoms with Gasteiger partial charge in [0.2, 0.25) is 0 Å². The Labute approximate surface area is 126 Å². The summed E-state index contributed by atoms with van der Waals surface area (Å²) >= 11 is 0. The lowest BCUT2D eigenvalue weighted by atomic mass is 10.2. The second-order valence-electron chi connectivity index (χ2n) is 4.94. The van der Waals surface area contributed by atoms with Crippen LogP contribution in [0.15, 0.2) is 48.8 Å². The van der Waals surface area contributed by atoms with Crippen molar-refractivity contribution in [1.29, 1.82) is 0 Å². The molecule has 1 aromatic carbocycles. The Kier molecular flexibility index (Phi) is 3.34. The summed E-state index contributed by atoms with van der Waals surface area (Å²) in [6.45, 7) is 1.95. The van der Waals surface area contributed by atoms with Crippen LogP contribution in [0.2, 0.25) is 0 Å². The number of rotatable bonds is 3. The van der Waals surface area contributed by atoms with E-state index in [0.29, 0.717) is 11.3 Å². The van der Waals surface area contributed by atoms with Crippen LogP contribution >= 0.6 is 0 Å². The summed E-state index contributed by atoms with van der Waals surface area (Å²) in [7, 11) is 0. The number of carbonyl (C=O) groups excluding carboxylic acids is 1. The molecule has 2 aromatic heterocycles. The number of hydrogen-bond acceptors (Lipinski definition) is 3. The summed E-state index contributed by atoms with van der Waals surface area (Å²) in [5.41, 5.74) is 2.54. The molecule has 2 heterocycles. The molecule has 0 aliphatic carbocycles. The van der Waals surface area contributed by atoms with Crippen LogP contribution < -0.4 is 5.32 Å². The largest absolute Gasteiger partial charge is 0.478 e. The number of amides is 1. The molecule has 0 aliphatic rings. The van der Waals surface area contributed by atoms with E-state index in [1.807, 2.05) is 25.3 Å². The van der Waals surface area contributed by atoms with Gasteiger partial charge in [-0.05, 0) is 42.8 Å². The van der Waals surface area contributed by atoms with Crippen molar-refractivity contribution >= 4 is 23.2 Å². The zero-order valence-electron chi connectivity index (χ0n) is 11.8. The predicted octanol–water partition coefficient (Wildman–Crippen LogP) is 2.59. The highest BCUT2D eigenvalue weighted by atomic mass is 16.4. The number of nitrogens with one attached hydrogen (secondary N) is 1. The van der Waals surface area contributed by atoms with Crippen LogP contribution in [-0.2, 0) is 0 Å². The summed E-state index contributed by atoms with van der Waals surface area (Å²) in [5.74, 6) is -1.43. The summed E-state index contributed by atoms with van der Waals surface area (Å²) in [5, 5.41) is 11.6. The molecule has 0 atom stereocenters. The molecule has 0 spiro atoms. The number of anilines is 1. The first-order valence-corrected chi connectivity index (χ1v) is 6.63. The molecule has 2 N–H and O–H groups in total. The second kappa shape index (κ2) is 5.33. The number of pyridine rings is 1. The summed E-state index contributed by atoms with van der Waals surface area (Å²) < 4.78 is 1.76. The van der Waals surface area contributed by atoms with E-state index in [1.54, 1.807) is 22.7 Å². The summed E-state index contributed by atoms with van der Waals surface area (Å²) in [6.07, 6.45) is 3.46. The smallest absolute Gasteiger partial charge is 0.335 e. The molecule has 0 bridgehead atoms. The summed E-state index contributed by atoms with van der Waals surface area (Å²) in [4.78, 5) is 27.4. The molecule has 0 saturated carbocycles. The Balaban J connectivity index is 1.86. The minimum atomic E-state index is -1.04. The van der Waals surface area contributed by atoms with E-state index in [2.05, 4.69) is 10.3 Å². The number of aromatic nitrogens is 2. The van der Waals surface area contributed by atoms with E-state index in [9.17, 15) is 9.59 Å². The maximum atomic E-state index is 12.2. The van der Waals surface area contributed by atoms with Crippen molar-refractivity contribution in [3.8, 4) is 0 Å². The fraction of sp³-hybridized carbons (Fsp3) is 0.0625. The maximum absolute atomic E-state index is 12.2. The monoisotopic (exact) mass is 295 g/mol. The minimum absolute atomic E-state index is 0.114. The van der Waals surface area contributed by atoms with Crippen LogP contribution in [0, 0.1) is 6.92 Å². The highest BCUT2D eigenvalue weighted by Gasteiger charge is 2.12. The first-order valence-electron chi connectivity index (χ1n) is 6.63. The van der Waals surface area contributed by atoms with Crippen molar-refractivity contribution in [2.75, 3.05) is 5.32 Å². The fourth-order valence-corrected chi connectivity index (χ4v) is 2.12. The second-order valence-corrected chi connectivity index (χ2v) is 4.94. The minimum Gasteiger partial charge on any atom is -0.478 e. The van der Waals surface area contributed by atoms with E-state index < -0.39 is 5.97 Å². The van der Waals surface area contributed by atoms with Gasteiger partial charge in [-0.1, -0.05) is 6.07 Å². The number of aryl methyl sites for hydroxylation is 1. The molecule has 22 heavy (non-hydrogen) atoms. The van der Waals surface area contributed by atoms with Crippen molar-refractivity contribution in [3.63, 3.8) is 0 Å². The number of fused-ring (bicyclic) bond motifs is 1. The topological polar surface area (TPSA) is 83.7 Å². The van der Waals surface area contributed by atoms with Gasteiger partial charge in [0.25, 0.3) is 5.91 Å². The number of carboxylic acids is 1. The Morgan fingerprint density at radius 1 is 1.23 bits per heavy atom. The van der Waals surface area contributed by atoms with Gasteiger partial charge in [0.05, 0.1) is 5.56 Å². The van der Waals surface area contributed by atoms with Gasteiger partial charge in [0.15, 0.2) is 0 Å². The van der Waals surface area contributed by atoms with Gasteiger partial charge < -0.3 is 14.8 Å². The van der Waals surface area contributed by atoms with Gasteiger partial charge in [0.1, 0.15) is 11.3 Å². The maximum Gasteiger partial charge on any atom is 0.335 e. The Morgan fingerprint density at radius 2 is 2.05 bits per heavy atom. The molecule has 3 aromatic rings. The predicted molar refractivity (Wildman–Crippen MR) is 81.3 cm³/mol. The molecule has 3 rings (SSSR count). The molecule has 6 heteroatoms. The third kappa shape index (κ3) is 2.67. The number of benzene rings is 1. The first-order chi connectivity index (χ1) is 10.5. The standard InChI is InChI=1S/C16H13N3O3/c1-10-5-6-19-9-13(18-14(19)7-10)15(20)17-12-4-2-3-11(8-12)16(21)22/h2-9H,1H3,(H,17,20)(H,21,22). The molecule has 0 fully saturated rings. The van der Waals surface area contributed by atoms with Gasteiger partial charge in [-0.3, -0.25) is 4.79 Å². The first kappa shape index (κ1) is 13.8. The normalized spacial score (nSPS) is 10.6. The van der Waals surface area contributed by atoms with Gasteiger partial charge in [-0.15, -0.1) is 0 Å². The molecule has 6 nitrogen and oxygen atoms in total. The van der Waals surface area contributed by atoms with Gasteiger partial charge in [-0.2, -0.15) is 0 Å². The van der Waals surface area contributed by atoms with Gasteiger partial charge >= 0.3 is 5.97 Å². The quantitative estimate of drug-likeness (QED) is 0.778. The van der Waals surface area contributed by atoms with Crippen LogP contribution in [0.4, 0.5) is 5.69 Å². The number of aromatic carboxylic acids is 1. The van der Waals surface area contributed by atoms with E-state index in [-0.39, 0.29) is 17.2 Å². The lowest BCUT2D eigenvalue weighted by Crippen LogP contribution is -2.12. The van der Waals surface area contributed by atoms with Crippen LogP contribution in [0.3, 0.4) is 0 Å². The van der Waals surface area contributed by atoms with E-state index in [4.69, 9.17) is 5.11 Å². The van der Waals surface area contributed by atoms with Crippen molar-refractivity contribution < 1.29 is 14.7 Å². The van der Waals surface area contributed by atoms with Crippen LogP contribution in [0.25, 0.3) is 5.65 Å². The van der Waals surface area contributed by atoms with E-state index >= 15 is 0 Å². The Hall–Kier alpha value is -3.15. The molecule has 0 aliphatic heterocycles. The van der Waals surface area contributed by atoms with Crippen LogP contribution in [-0.4, -0.2) is 26.4 Å². The Bertz CT molecular complexity index is 883. The molecule has 110 valence electrons. The third-order valence-corrected chi connectivity index (χ3v) is 3.22. The highest BCUT2D eigenvalue weighted by Crippen LogP contribution is 2.13. The zero-order valence-corrected chi connectivity index (χ0v) is 11.8. The van der Waals surface area contributed by atoms with E-state index in [1.165, 1.54) is 12.1 Å². The van der Waals surface area contributed by atoms with Gasteiger partial charge in [-0.25, -0.2) is 9.78 Å². The van der Waals surface area contributed by atoms with Crippen LogP contribution in [0.1, 0.15) is 26.4 Å². The van der Waals surface area contributed by atoms with Crippen molar-refractivity contribution in [2.24, 2.45) is 0 Å². The molecule has 0 unspecified atom stereocenters. The SMILES string of the molecule is Cc1ccn2cc(C(=O)Nc3cccc(C(=O)O)c3)nc2c1. The van der Waals surface area contributed by atoms with E-state index in [0.717, 1.165) is 5.56 Å². The average Bonchev–Trinajstić information content (AvgIpc) is 2.90. The van der Waals surface area contributed by atoms with Gasteiger partial charge in [0, 0.05) is 18.1 Å². The number of nitrogens with zero attached hydrogens (tertiary/aromatic N) is 2. The lowest BCUT2D eigenvalue weighted by molar-refractivity contribution is 0.0696. The molecule has 0 saturated heterocycles. The molecular weight excluding hydrogens is 282 g/mol. The number of carbonyl (C=O) groups is 2. The van der Waals surface area contributed by atoms with Crippen LogP contribution in [0.5, 0.6) is 0 Å². The Morgan fingerprint density at radius 3 is 2.82 bits per heavy atom. The zero-order chi connectivity index (χ0) is 15.7. The van der Waals surface area contributed by atoms with Crippen molar-refractivity contribution in [3.05, 3.63) is 65.6 Å².